The predicted molar refractivity (Wildman–Crippen MR) is 111 cm³/mol. The normalized spacial score (nSPS) is 10.7. The van der Waals surface area contributed by atoms with Crippen molar-refractivity contribution in [3.63, 3.8) is 0 Å². The summed E-state index contributed by atoms with van der Waals surface area (Å²) in [5, 5.41) is 2.28. The zero-order valence-electron chi connectivity index (χ0n) is 14.7. The molecule has 140 valence electrons. The molecule has 1 amide bonds. The first-order valence-corrected chi connectivity index (χ1v) is 10.4. The molecule has 0 N–H and O–H groups in total. The number of thioether (sulfide) groups is 1. The number of hydrogen-bond acceptors (Lipinski definition) is 5. The van der Waals surface area contributed by atoms with Gasteiger partial charge in [-0.2, -0.15) is 0 Å². The van der Waals surface area contributed by atoms with Crippen molar-refractivity contribution in [1.29, 1.82) is 0 Å². The fourth-order valence-electron chi connectivity index (χ4n) is 2.45. The van der Waals surface area contributed by atoms with E-state index in [0.29, 0.717) is 10.9 Å². The lowest BCUT2D eigenvalue weighted by molar-refractivity contribution is -0.149. The summed E-state index contributed by atoms with van der Waals surface area (Å²) in [6.45, 7) is 0.187. The Bertz CT molecular complexity index is 957. The Morgan fingerprint density at radius 1 is 1.11 bits per heavy atom. The molecule has 2 aromatic carbocycles. The summed E-state index contributed by atoms with van der Waals surface area (Å²) in [7, 11) is 1.67. The Balaban J connectivity index is 1.43. The van der Waals surface area contributed by atoms with Crippen LogP contribution in [0.4, 0.5) is 0 Å². The van der Waals surface area contributed by atoms with Crippen LogP contribution in [0, 0.1) is 0 Å². The molecule has 7 heteroatoms. The minimum absolute atomic E-state index is 0.163. The lowest BCUT2D eigenvalue weighted by Crippen LogP contribution is -2.30. The van der Waals surface area contributed by atoms with E-state index in [4.69, 9.17) is 16.3 Å². The average molecular weight is 420 g/mol. The maximum absolute atomic E-state index is 12.1. The smallest absolute Gasteiger partial charge is 0.316 e. The first-order chi connectivity index (χ1) is 13.0. The number of fused-ring (bicyclic) bond motifs is 1. The molecule has 0 unspecified atom stereocenters. The fourth-order valence-corrected chi connectivity index (χ4v) is 4.34. The summed E-state index contributed by atoms with van der Waals surface area (Å²) in [4.78, 5) is 27.5. The van der Waals surface area contributed by atoms with Crippen molar-refractivity contribution in [2.75, 3.05) is 19.4 Å². The minimum atomic E-state index is -0.408. The van der Waals surface area contributed by atoms with E-state index in [-0.39, 0.29) is 18.3 Å². The van der Waals surface area contributed by atoms with Gasteiger partial charge in [-0.05, 0) is 35.0 Å². The van der Waals surface area contributed by atoms with Crippen LogP contribution in [-0.4, -0.2) is 36.2 Å². The highest BCUT2D eigenvalue weighted by atomic mass is 35.5. The van der Waals surface area contributed by atoms with Gasteiger partial charge in [0.15, 0.2) is 6.61 Å². The molecule has 0 aliphatic rings. The number of thiophene rings is 1. The molecule has 1 aromatic heterocycles. The molecular weight excluding hydrogens is 402 g/mol. The Kier molecular flexibility index (Phi) is 6.77. The van der Waals surface area contributed by atoms with Gasteiger partial charge >= 0.3 is 5.97 Å². The summed E-state index contributed by atoms with van der Waals surface area (Å²) in [5.74, 6) is -0.492. The van der Waals surface area contributed by atoms with Crippen molar-refractivity contribution < 1.29 is 14.3 Å². The monoisotopic (exact) mass is 419 g/mol. The summed E-state index contributed by atoms with van der Waals surface area (Å²) < 4.78 is 5.79. The number of esters is 1. The quantitative estimate of drug-likeness (QED) is 0.405. The largest absolute Gasteiger partial charge is 0.455 e. The van der Waals surface area contributed by atoms with E-state index < -0.39 is 5.97 Å². The van der Waals surface area contributed by atoms with E-state index in [0.717, 1.165) is 20.5 Å². The third-order valence-electron chi connectivity index (χ3n) is 3.88. The molecule has 0 aliphatic carbocycles. The first-order valence-electron chi connectivity index (χ1n) is 8.26. The van der Waals surface area contributed by atoms with Crippen LogP contribution in [0.25, 0.3) is 10.8 Å². The van der Waals surface area contributed by atoms with E-state index in [2.05, 4.69) is 0 Å². The number of benzene rings is 2. The predicted octanol–water partition coefficient (Wildman–Crippen LogP) is 4.85. The van der Waals surface area contributed by atoms with Gasteiger partial charge in [0.1, 0.15) is 0 Å². The van der Waals surface area contributed by atoms with Crippen molar-refractivity contribution in [2.45, 2.75) is 11.4 Å². The van der Waals surface area contributed by atoms with Crippen LogP contribution in [0.1, 0.15) is 4.88 Å². The Morgan fingerprint density at radius 3 is 2.63 bits per heavy atom. The number of halogens is 1. The van der Waals surface area contributed by atoms with Crippen molar-refractivity contribution in [1.82, 2.24) is 4.90 Å². The molecule has 0 aliphatic heterocycles. The molecular formula is C20H18ClNO3S2. The number of likely N-dealkylation sites (N-methyl/N-ethyl adjacent to an activating group) is 1. The van der Waals surface area contributed by atoms with E-state index >= 15 is 0 Å². The van der Waals surface area contributed by atoms with Gasteiger partial charge < -0.3 is 9.64 Å². The third-order valence-corrected chi connectivity index (χ3v) is 6.07. The molecule has 0 fully saturated rings. The molecule has 0 bridgehead atoms. The number of amides is 1. The first kappa shape index (κ1) is 19.7. The topological polar surface area (TPSA) is 46.6 Å². The second-order valence-electron chi connectivity index (χ2n) is 5.91. The highest BCUT2D eigenvalue weighted by molar-refractivity contribution is 8.00. The lowest BCUT2D eigenvalue weighted by Gasteiger charge is -2.16. The van der Waals surface area contributed by atoms with Crippen LogP contribution in [0.3, 0.4) is 0 Å². The van der Waals surface area contributed by atoms with Crippen LogP contribution < -0.4 is 0 Å². The van der Waals surface area contributed by atoms with Gasteiger partial charge in [0.2, 0.25) is 0 Å². The van der Waals surface area contributed by atoms with Crippen LogP contribution in [0.15, 0.2) is 59.5 Å². The van der Waals surface area contributed by atoms with Crippen molar-refractivity contribution in [3.8, 4) is 0 Å². The molecule has 0 spiro atoms. The number of nitrogens with zero attached hydrogens (tertiary/aromatic N) is 1. The lowest BCUT2D eigenvalue weighted by atomic mass is 10.1. The maximum atomic E-state index is 12.1. The van der Waals surface area contributed by atoms with Gasteiger partial charge in [0.05, 0.1) is 16.6 Å². The number of rotatable bonds is 7. The third kappa shape index (κ3) is 5.73. The maximum Gasteiger partial charge on any atom is 0.316 e. The van der Waals surface area contributed by atoms with Crippen LogP contribution in [0.5, 0.6) is 0 Å². The van der Waals surface area contributed by atoms with Crippen LogP contribution in [-0.2, 0) is 20.9 Å². The molecule has 27 heavy (non-hydrogen) atoms. The van der Waals surface area contributed by atoms with Crippen molar-refractivity contribution in [2.24, 2.45) is 0 Å². The Morgan fingerprint density at radius 2 is 1.89 bits per heavy atom. The number of carbonyl (C=O) groups excluding carboxylic acids is 2. The second-order valence-corrected chi connectivity index (χ2v) is 8.76. The van der Waals surface area contributed by atoms with E-state index in [9.17, 15) is 9.59 Å². The number of carbonyl (C=O) groups is 2. The van der Waals surface area contributed by atoms with Crippen molar-refractivity contribution >= 4 is 57.3 Å². The zero-order valence-corrected chi connectivity index (χ0v) is 17.1. The number of hydrogen-bond donors (Lipinski definition) is 0. The second kappa shape index (κ2) is 9.26. The summed E-state index contributed by atoms with van der Waals surface area (Å²) in [6.07, 6.45) is 0. The van der Waals surface area contributed by atoms with Gasteiger partial charge in [0, 0.05) is 16.8 Å². The number of ether oxygens (including phenoxy) is 1. The van der Waals surface area contributed by atoms with Gasteiger partial charge in [-0.3, -0.25) is 9.59 Å². The summed E-state index contributed by atoms with van der Waals surface area (Å²) >= 11 is 8.71. The van der Waals surface area contributed by atoms with Crippen molar-refractivity contribution in [3.05, 3.63) is 63.8 Å². The highest BCUT2D eigenvalue weighted by Crippen LogP contribution is 2.24. The molecule has 4 nitrogen and oxygen atoms in total. The van der Waals surface area contributed by atoms with E-state index in [1.165, 1.54) is 28.0 Å². The van der Waals surface area contributed by atoms with Gasteiger partial charge in [0.25, 0.3) is 5.91 Å². The fraction of sp³-hybridized carbons (Fsp3) is 0.200. The summed E-state index contributed by atoms with van der Waals surface area (Å²) in [6, 6.07) is 17.8. The summed E-state index contributed by atoms with van der Waals surface area (Å²) in [5.41, 5.74) is 0. The zero-order chi connectivity index (χ0) is 19.2. The van der Waals surface area contributed by atoms with Gasteiger partial charge in [-0.15, -0.1) is 23.1 Å². The molecule has 0 saturated heterocycles. The van der Waals surface area contributed by atoms with Crippen LogP contribution >= 0.6 is 34.7 Å². The average Bonchev–Trinajstić information content (AvgIpc) is 3.08. The molecule has 3 aromatic rings. The molecule has 0 saturated carbocycles. The molecule has 1 heterocycles. The van der Waals surface area contributed by atoms with E-state index in [1.54, 1.807) is 13.1 Å². The molecule has 0 radical (unpaired) electrons. The SMILES string of the molecule is CN(Cc1ccc(Cl)s1)C(=O)COC(=O)CSc1ccc2ccccc2c1. The van der Waals surface area contributed by atoms with Crippen LogP contribution in [0.2, 0.25) is 4.34 Å². The molecule has 3 rings (SSSR count). The van der Waals surface area contributed by atoms with E-state index in [1.807, 2.05) is 48.5 Å². The minimum Gasteiger partial charge on any atom is -0.455 e. The standard InChI is InChI=1S/C20H18ClNO3S2/c1-22(11-17-8-9-18(21)27-17)19(23)12-25-20(24)13-26-16-7-6-14-4-2-3-5-15(14)10-16/h2-10H,11-13H2,1H3. The van der Waals surface area contributed by atoms with Gasteiger partial charge in [-0.1, -0.05) is 41.9 Å². The van der Waals surface area contributed by atoms with Gasteiger partial charge in [-0.25, -0.2) is 0 Å². The Labute approximate surface area is 171 Å². The highest BCUT2D eigenvalue weighted by Gasteiger charge is 2.13. The Hall–Kier alpha value is -2.02. The molecule has 0 atom stereocenters.